The van der Waals surface area contributed by atoms with Gasteiger partial charge in [0.1, 0.15) is 0 Å². The van der Waals surface area contributed by atoms with E-state index in [9.17, 15) is 5.11 Å². The first kappa shape index (κ1) is 14.3. The molecule has 0 spiro atoms. The van der Waals surface area contributed by atoms with Crippen molar-refractivity contribution in [2.75, 3.05) is 19.7 Å². The molecule has 106 valence electrons. The van der Waals surface area contributed by atoms with E-state index in [1.807, 2.05) is 0 Å². The average Bonchev–Trinajstić information content (AvgIpc) is 3.20. The third-order valence-corrected chi connectivity index (χ3v) is 4.64. The van der Waals surface area contributed by atoms with Crippen LogP contribution in [0.4, 0.5) is 0 Å². The van der Waals surface area contributed by atoms with Gasteiger partial charge in [-0.1, -0.05) is 13.8 Å². The maximum Gasteiger partial charge on any atom is 0.0613 e. The van der Waals surface area contributed by atoms with Gasteiger partial charge >= 0.3 is 0 Å². The van der Waals surface area contributed by atoms with E-state index in [1.165, 1.54) is 38.6 Å². The standard InChI is InChI=1S/C15H30N2O/c1-3-10-17(4-2)14-6-5-9-15(11-14,12-18)16-13-7-8-13/h13-14,16,18H,3-12H2,1-2H3. The Kier molecular flexibility index (Phi) is 5.05. The number of nitrogens with zero attached hydrogens (tertiary/aromatic N) is 1. The van der Waals surface area contributed by atoms with Gasteiger partial charge in [-0.2, -0.15) is 0 Å². The summed E-state index contributed by atoms with van der Waals surface area (Å²) in [5.74, 6) is 0. The summed E-state index contributed by atoms with van der Waals surface area (Å²) in [4.78, 5) is 2.61. The minimum atomic E-state index is 0.0191. The van der Waals surface area contributed by atoms with Gasteiger partial charge in [0.2, 0.25) is 0 Å². The molecular weight excluding hydrogens is 224 g/mol. The van der Waals surface area contributed by atoms with Crippen LogP contribution in [0.1, 0.15) is 58.8 Å². The summed E-state index contributed by atoms with van der Waals surface area (Å²) in [5.41, 5.74) is 0.0191. The lowest BCUT2D eigenvalue weighted by molar-refractivity contribution is 0.0599. The Morgan fingerprint density at radius 3 is 2.61 bits per heavy atom. The number of nitrogens with one attached hydrogen (secondary N) is 1. The Balaban J connectivity index is 1.95. The number of hydrogen-bond donors (Lipinski definition) is 2. The predicted molar refractivity (Wildman–Crippen MR) is 75.8 cm³/mol. The highest BCUT2D eigenvalue weighted by Crippen LogP contribution is 2.34. The van der Waals surface area contributed by atoms with E-state index in [2.05, 4.69) is 24.1 Å². The first-order chi connectivity index (χ1) is 8.73. The third kappa shape index (κ3) is 3.46. The molecule has 2 N–H and O–H groups in total. The molecule has 2 rings (SSSR count). The smallest absolute Gasteiger partial charge is 0.0613 e. The fraction of sp³-hybridized carbons (Fsp3) is 1.00. The Hall–Kier alpha value is -0.120. The van der Waals surface area contributed by atoms with Crippen molar-refractivity contribution in [1.82, 2.24) is 10.2 Å². The fourth-order valence-electron chi connectivity index (χ4n) is 3.51. The number of aliphatic hydroxyl groups is 1. The second-order valence-electron chi connectivity index (χ2n) is 6.24. The van der Waals surface area contributed by atoms with Crippen LogP contribution in [0.25, 0.3) is 0 Å². The number of rotatable bonds is 7. The molecule has 2 aliphatic rings. The van der Waals surface area contributed by atoms with Crippen molar-refractivity contribution in [1.29, 1.82) is 0 Å². The molecule has 18 heavy (non-hydrogen) atoms. The lowest BCUT2D eigenvalue weighted by Crippen LogP contribution is -2.56. The van der Waals surface area contributed by atoms with Gasteiger partial charge in [-0.15, -0.1) is 0 Å². The van der Waals surface area contributed by atoms with Crippen LogP contribution in [0, 0.1) is 0 Å². The molecule has 0 bridgehead atoms. The molecule has 0 aliphatic heterocycles. The van der Waals surface area contributed by atoms with Gasteiger partial charge in [-0.3, -0.25) is 0 Å². The normalized spacial score (nSPS) is 33.0. The van der Waals surface area contributed by atoms with Crippen LogP contribution in [-0.2, 0) is 0 Å². The van der Waals surface area contributed by atoms with E-state index in [1.54, 1.807) is 0 Å². The van der Waals surface area contributed by atoms with E-state index in [0.29, 0.717) is 18.7 Å². The van der Waals surface area contributed by atoms with Crippen LogP contribution in [0.2, 0.25) is 0 Å². The zero-order valence-electron chi connectivity index (χ0n) is 12.1. The van der Waals surface area contributed by atoms with Crippen molar-refractivity contribution in [3.8, 4) is 0 Å². The highest BCUT2D eigenvalue weighted by molar-refractivity contribution is 5.00. The van der Waals surface area contributed by atoms with Crippen LogP contribution in [0.15, 0.2) is 0 Å². The molecular formula is C15H30N2O. The molecule has 2 aliphatic carbocycles. The number of hydrogen-bond acceptors (Lipinski definition) is 3. The topological polar surface area (TPSA) is 35.5 Å². The summed E-state index contributed by atoms with van der Waals surface area (Å²) in [6.45, 7) is 7.17. The first-order valence-electron chi connectivity index (χ1n) is 7.85. The maximum atomic E-state index is 9.84. The molecule has 2 fully saturated rings. The van der Waals surface area contributed by atoms with E-state index in [0.717, 1.165) is 19.4 Å². The zero-order valence-corrected chi connectivity index (χ0v) is 12.1. The molecule has 0 heterocycles. The van der Waals surface area contributed by atoms with Crippen LogP contribution in [0.3, 0.4) is 0 Å². The van der Waals surface area contributed by atoms with Gasteiger partial charge in [0.05, 0.1) is 6.61 Å². The van der Waals surface area contributed by atoms with Crippen molar-refractivity contribution in [2.24, 2.45) is 0 Å². The molecule has 3 nitrogen and oxygen atoms in total. The molecule has 0 aromatic heterocycles. The maximum absolute atomic E-state index is 9.84. The fourth-order valence-corrected chi connectivity index (χ4v) is 3.51. The largest absolute Gasteiger partial charge is 0.394 e. The Morgan fingerprint density at radius 1 is 1.28 bits per heavy atom. The van der Waals surface area contributed by atoms with Crippen molar-refractivity contribution >= 4 is 0 Å². The van der Waals surface area contributed by atoms with Gasteiger partial charge < -0.3 is 15.3 Å². The second kappa shape index (κ2) is 6.36. The molecule has 3 heteroatoms. The molecule has 0 radical (unpaired) electrons. The third-order valence-electron chi connectivity index (χ3n) is 4.64. The van der Waals surface area contributed by atoms with Crippen molar-refractivity contribution in [3.63, 3.8) is 0 Å². The van der Waals surface area contributed by atoms with Gasteiger partial charge in [-0.25, -0.2) is 0 Å². The molecule has 2 saturated carbocycles. The quantitative estimate of drug-likeness (QED) is 0.731. The van der Waals surface area contributed by atoms with E-state index in [4.69, 9.17) is 0 Å². The molecule has 0 aromatic rings. The van der Waals surface area contributed by atoms with Gasteiger partial charge in [-0.05, 0) is 58.0 Å². The van der Waals surface area contributed by atoms with E-state index >= 15 is 0 Å². The molecule has 2 unspecified atom stereocenters. The lowest BCUT2D eigenvalue weighted by atomic mass is 9.78. The highest BCUT2D eigenvalue weighted by Gasteiger charge is 2.40. The van der Waals surface area contributed by atoms with E-state index in [-0.39, 0.29) is 5.54 Å². The Bertz CT molecular complexity index is 255. The zero-order chi connectivity index (χ0) is 13.0. The van der Waals surface area contributed by atoms with Crippen LogP contribution < -0.4 is 5.32 Å². The molecule has 0 amide bonds. The van der Waals surface area contributed by atoms with Gasteiger partial charge in [0.15, 0.2) is 0 Å². The summed E-state index contributed by atoms with van der Waals surface area (Å²) in [6, 6.07) is 1.36. The number of aliphatic hydroxyl groups excluding tert-OH is 1. The van der Waals surface area contributed by atoms with Crippen molar-refractivity contribution < 1.29 is 5.11 Å². The second-order valence-corrected chi connectivity index (χ2v) is 6.24. The molecule has 0 aromatic carbocycles. The Morgan fingerprint density at radius 2 is 2.06 bits per heavy atom. The molecule has 2 atom stereocenters. The lowest BCUT2D eigenvalue weighted by Gasteiger charge is -2.44. The van der Waals surface area contributed by atoms with Crippen molar-refractivity contribution in [2.45, 2.75) is 76.4 Å². The average molecular weight is 254 g/mol. The first-order valence-corrected chi connectivity index (χ1v) is 7.85. The van der Waals surface area contributed by atoms with E-state index < -0.39 is 0 Å². The minimum absolute atomic E-state index is 0.0191. The summed E-state index contributed by atoms with van der Waals surface area (Å²) in [7, 11) is 0. The Labute approximate surface area is 112 Å². The minimum Gasteiger partial charge on any atom is -0.394 e. The van der Waals surface area contributed by atoms with Crippen LogP contribution >= 0.6 is 0 Å². The molecule has 0 saturated heterocycles. The predicted octanol–water partition coefficient (Wildman–Crippen LogP) is 2.14. The monoisotopic (exact) mass is 254 g/mol. The van der Waals surface area contributed by atoms with Gasteiger partial charge in [0.25, 0.3) is 0 Å². The summed E-state index contributed by atoms with van der Waals surface area (Å²) in [6.07, 6.45) is 8.69. The highest BCUT2D eigenvalue weighted by atomic mass is 16.3. The summed E-state index contributed by atoms with van der Waals surface area (Å²) >= 11 is 0. The van der Waals surface area contributed by atoms with Crippen LogP contribution in [-0.4, -0.2) is 47.3 Å². The summed E-state index contributed by atoms with van der Waals surface area (Å²) in [5, 5.41) is 13.6. The van der Waals surface area contributed by atoms with Crippen molar-refractivity contribution in [3.05, 3.63) is 0 Å². The summed E-state index contributed by atoms with van der Waals surface area (Å²) < 4.78 is 0. The van der Waals surface area contributed by atoms with Crippen LogP contribution in [0.5, 0.6) is 0 Å². The SMILES string of the molecule is CCCN(CC)C1CCCC(CO)(NC2CC2)C1. The van der Waals surface area contributed by atoms with Gasteiger partial charge in [0, 0.05) is 17.6 Å².